The molecule has 1 unspecified atom stereocenters. The van der Waals surface area contributed by atoms with Crippen molar-refractivity contribution < 1.29 is 37.0 Å². The molecule has 3 amide bonds. The normalized spacial score (nSPS) is 29.5. The number of piperidine rings is 1. The van der Waals surface area contributed by atoms with E-state index in [1.54, 1.807) is 17.3 Å². The summed E-state index contributed by atoms with van der Waals surface area (Å²) in [4.78, 5) is 60.5. The third-order valence-corrected chi connectivity index (χ3v) is 12.2. The number of ether oxygens (including phenoxy) is 2. The fourth-order valence-corrected chi connectivity index (χ4v) is 8.97. The van der Waals surface area contributed by atoms with Gasteiger partial charge in [-0.2, -0.15) is 13.2 Å². The molecule has 1 aromatic rings. The second kappa shape index (κ2) is 13.5. The Balaban J connectivity index is 1.09. The number of alkyl halides is 3. The predicted octanol–water partition coefficient (Wildman–Crippen LogP) is 3.00. The van der Waals surface area contributed by atoms with Gasteiger partial charge >= 0.3 is 6.18 Å². The van der Waals surface area contributed by atoms with E-state index in [9.17, 15) is 27.6 Å². The van der Waals surface area contributed by atoms with Gasteiger partial charge in [-0.3, -0.25) is 24.4 Å². The Bertz CT molecular complexity index is 1440. The van der Waals surface area contributed by atoms with Gasteiger partial charge in [0.05, 0.1) is 49.0 Å². The number of aliphatic imine (C=N–C) groups is 2. The summed E-state index contributed by atoms with van der Waals surface area (Å²) < 4.78 is 52.7. The molecular weight excluding hydrogens is 663 g/mol. The standard InChI is InChI=1S/C33H44F3N7O5S/c1-21(47-18-31-7-3-23(4-8-31)48-19-31)26(29(46)41-11-5-22(6-12-41)33(34,35)36)40-27(44)24-14-42(28(45)25-13-37-20-49-25)15-32(24)16-43(17-32)30-38-9-2-10-39-30/h9,13,20-24,26H,2-8,10-12,14-19H2,1H3,(H,40,44)/t21-,23?,24?,26+,31?/m1/s1. The largest absolute Gasteiger partial charge is 0.391 e. The van der Waals surface area contributed by atoms with E-state index in [0.717, 1.165) is 32.1 Å². The molecule has 5 saturated heterocycles. The van der Waals surface area contributed by atoms with Crippen LogP contribution in [0.2, 0.25) is 0 Å². The first-order valence-corrected chi connectivity index (χ1v) is 18.2. The minimum atomic E-state index is -4.32. The van der Waals surface area contributed by atoms with Crippen LogP contribution in [-0.2, 0) is 19.1 Å². The number of aromatic nitrogens is 1. The molecule has 49 heavy (non-hydrogen) atoms. The molecule has 0 radical (unpaired) electrons. The molecule has 7 heterocycles. The van der Waals surface area contributed by atoms with Crippen molar-refractivity contribution in [3.8, 4) is 0 Å². The number of hydrogen-bond acceptors (Lipinski definition) is 10. The molecular formula is C33H44F3N7O5S. The molecule has 6 fully saturated rings. The molecule has 1 spiro atoms. The number of guanidine groups is 1. The van der Waals surface area contributed by atoms with E-state index in [1.807, 2.05) is 11.1 Å². The van der Waals surface area contributed by atoms with Crippen molar-refractivity contribution >= 4 is 41.2 Å². The maximum Gasteiger partial charge on any atom is 0.391 e. The number of nitrogens with zero attached hydrogens (tertiary/aromatic N) is 6. The summed E-state index contributed by atoms with van der Waals surface area (Å²) in [6.45, 7) is 4.64. The van der Waals surface area contributed by atoms with Crippen molar-refractivity contribution in [3.05, 3.63) is 16.6 Å². The van der Waals surface area contributed by atoms with Crippen LogP contribution in [0.15, 0.2) is 21.7 Å². The third kappa shape index (κ3) is 6.96. The molecule has 2 bridgehead atoms. The molecule has 16 heteroatoms. The van der Waals surface area contributed by atoms with Gasteiger partial charge in [0, 0.05) is 69.3 Å². The van der Waals surface area contributed by atoms with Gasteiger partial charge in [-0.1, -0.05) is 0 Å². The zero-order valence-corrected chi connectivity index (χ0v) is 28.5. The van der Waals surface area contributed by atoms with Gasteiger partial charge < -0.3 is 29.5 Å². The minimum Gasteiger partial charge on any atom is -0.378 e. The lowest BCUT2D eigenvalue weighted by Gasteiger charge is -2.51. The van der Waals surface area contributed by atoms with E-state index in [1.165, 1.54) is 22.4 Å². The van der Waals surface area contributed by atoms with Crippen LogP contribution in [0.1, 0.15) is 61.5 Å². The van der Waals surface area contributed by atoms with Gasteiger partial charge in [0.2, 0.25) is 17.8 Å². The number of amides is 3. The molecule has 7 aliphatic rings. The smallest absolute Gasteiger partial charge is 0.378 e. The number of likely N-dealkylation sites (tertiary alicyclic amines) is 3. The fraction of sp³-hybridized carbons (Fsp3) is 0.758. The summed E-state index contributed by atoms with van der Waals surface area (Å²) in [7, 11) is 0. The quantitative estimate of drug-likeness (QED) is 0.440. The maximum absolute atomic E-state index is 14.4. The Morgan fingerprint density at radius 2 is 1.88 bits per heavy atom. The first kappa shape index (κ1) is 34.3. The van der Waals surface area contributed by atoms with Crippen LogP contribution in [0.4, 0.5) is 13.2 Å². The number of carbonyl (C=O) groups excluding carboxylic acids is 3. The molecule has 6 aliphatic heterocycles. The Hall–Kier alpha value is -3.11. The average molecular weight is 708 g/mol. The SMILES string of the molecule is C[C@@H](OCC12CCC(CC1)OC2)[C@H](NC(=O)C1CN(C(=O)c2cncs2)CC12CN(C1=NCCC=N1)C2)C(=O)N1CCC(C(F)(F)F)CC1. The Morgan fingerprint density at radius 3 is 2.49 bits per heavy atom. The Labute approximate surface area is 287 Å². The molecule has 3 atom stereocenters. The molecule has 1 N–H and O–H groups in total. The van der Waals surface area contributed by atoms with Crippen LogP contribution in [0, 0.1) is 22.7 Å². The third-order valence-electron chi connectivity index (χ3n) is 11.5. The number of hydrogen-bond donors (Lipinski definition) is 1. The number of rotatable bonds is 8. The number of fused-ring (bicyclic) bond motifs is 3. The van der Waals surface area contributed by atoms with Crippen molar-refractivity contribution in [2.24, 2.45) is 32.7 Å². The van der Waals surface area contributed by atoms with Crippen LogP contribution < -0.4 is 5.32 Å². The molecule has 1 aliphatic carbocycles. The molecule has 12 nitrogen and oxygen atoms in total. The van der Waals surface area contributed by atoms with Crippen molar-refractivity contribution in [2.75, 3.05) is 59.0 Å². The molecule has 268 valence electrons. The molecule has 1 aromatic heterocycles. The Kier molecular flexibility index (Phi) is 9.50. The summed E-state index contributed by atoms with van der Waals surface area (Å²) in [5.74, 6) is -2.53. The van der Waals surface area contributed by atoms with Crippen molar-refractivity contribution in [1.29, 1.82) is 0 Å². The summed E-state index contributed by atoms with van der Waals surface area (Å²) in [6.07, 6.45) is 2.80. The molecule has 1 saturated carbocycles. The van der Waals surface area contributed by atoms with Gasteiger partial charge in [-0.25, -0.2) is 4.99 Å². The topological polar surface area (TPSA) is 129 Å². The van der Waals surface area contributed by atoms with Gasteiger partial charge in [-0.05, 0) is 45.4 Å². The first-order valence-electron chi connectivity index (χ1n) is 17.3. The maximum atomic E-state index is 14.4. The Morgan fingerprint density at radius 1 is 1.12 bits per heavy atom. The van der Waals surface area contributed by atoms with Gasteiger partial charge in [0.25, 0.3) is 5.91 Å². The predicted molar refractivity (Wildman–Crippen MR) is 174 cm³/mol. The molecule has 8 rings (SSSR count). The van der Waals surface area contributed by atoms with E-state index in [-0.39, 0.29) is 55.8 Å². The van der Waals surface area contributed by atoms with E-state index >= 15 is 0 Å². The number of thiazole rings is 1. The summed E-state index contributed by atoms with van der Waals surface area (Å²) >= 11 is 1.24. The van der Waals surface area contributed by atoms with Gasteiger partial charge in [-0.15, -0.1) is 11.3 Å². The summed E-state index contributed by atoms with van der Waals surface area (Å²) in [5.41, 5.74) is 0.839. The first-order chi connectivity index (χ1) is 23.5. The zero-order chi connectivity index (χ0) is 34.4. The highest BCUT2D eigenvalue weighted by Gasteiger charge is 2.59. The van der Waals surface area contributed by atoms with Gasteiger partial charge in [0.1, 0.15) is 10.9 Å². The van der Waals surface area contributed by atoms with Crippen LogP contribution >= 0.6 is 11.3 Å². The summed E-state index contributed by atoms with van der Waals surface area (Å²) in [6, 6.07) is -1.11. The van der Waals surface area contributed by atoms with E-state index in [0.29, 0.717) is 50.2 Å². The highest BCUT2D eigenvalue weighted by atomic mass is 32.1. The second-order valence-corrected chi connectivity index (χ2v) is 15.6. The molecule has 0 aromatic carbocycles. The van der Waals surface area contributed by atoms with Crippen LogP contribution in [-0.4, -0.2) is 133 Å². The van der Waals surface area contributed by atoms with Crippen LogP contribution in [0.3, 0.4) is 0 Å². The number of nitrogens with one attached hydrogen (secondary N) is 1. The fourth-order valence-electron chi connectivity index (χ4n) is 8.39. The lowest BCUT2D eigenvalue weighted by molar-refractivity contribution is -0.187. The highest BCUT2D eigenvalue weighted by Crippen LogP contribution is 2.46. The van der Waals surface area contributed by atoms with E-state index < -0.39 is 41.5 Å². The van der Waals surface area contributed by atoms with Crippen molar-refractivity contribution in [2.45, 2.75) is 76.3 Å². The zero-order valence-electron chi connectivity index (χ0n) is 27.7. The van der Waals surface area contributed by atoms with E-state index in [2.05, 4.69) is 20.3 Å². The van der Waals surface area contributed by atoms with Crippen LogP contribution in [0.5, 0.6) is 0 Å². The van der Waals surface area contributed by atoms with Gasteiger partial charge in [0.15, 0.2) is 0 Å². The minimum absolute atomic E-state index is 0.0522. The second-order valence-electron chi connectivity index (χ2n) is 14.8. The van der Waals surface area contributed by atoms with E-state index in [4.69, 9.17) is 9.47 Å². The van der Waals surface area contributed by atoms with Crippen molar-refractivity contribution in [3.63, 3.8) is 0 Å². The lowest BCUT2D eigenvalue weighted by atomic mass is 9.71. The van der Waals surface area contributed by atoms with Crippen molar-refractivity contribution in [1.82, 2.24) is 25.0 Å². The number of carbonyl (C=O) groups is 3. The summed E-state index contributed by atoms with van der Waals surface area (Å²) in [5, 5.41) is 3.00. The number of halogens is 3. The lowest BCUT2D eigenvalue weighted by Crippen LogP contribution is -2.65. The monoisotopic (exact) mass is 707 g/mol. The average Bonchev–Trinajstić information content (AvgIpc) is 3.79. The van der Waals surface area contributed by atoms with Crippen LogP contribution in [0.25, 0.3) is 0 Å². The highest BCUT2D eigenvalue weighted by molar-refractivity contribution is 7.11.